The molecule has 0 aromatic heterocycles. The van der Waals surface area contributed by atoms with Gasteiger partial charge in [-0.15, -0.1) is 12.4 Å². The number of halogens is 2. The third-order valence-corrected chi connectivity index (χ3v) is 4.07. The van der Waals surface area contributed by atoms with Crippen LogP contribution < -0.4 is 4.74 Å². The minimum atomic E-state index is -0.667. The largest absolute Gasteiger partial charge is 0.496 e. The van der Waals surface area contributed by atoms with E-state index in [1.807, 2.05) is 12.1 Å². The Kier molecular flexibility index (Phi) is 6.79. The van der Waals surface area contributed by atoms with Crippen molar-refractivity contribution in [2.75, 3.05) is 20.2 Å². The Bertz CT molecular complexity index is 462. The van der Waals surface area contributed by atoms with Crippen molar-refractivity contribution in [3.63, 3.8) is 0 Å². The van der Waals surface area contributed by atoms with Crippen LogP contribution in [0.4, 0.5) is 0 Å². The lowest BCUT2D eigenvalue weighted by Gasteiger charge is -2.30. The molecule has 1 saturated heterocycles. The zero-order chi connectivity index (χ0) is 13.8. The first-order valence-electron chi connectivity index (χ1n) is 6.37. The van der Waals surface area contributed by atoms with Crippen molar-refractivity contribution < 1.29 is 14.6 Å². The van der Waals surface area contributed by atoms with E-state index in [0.29, 0.717) is 0 Å². The number of carboxylic acids is 1. The average Bonchev–Trinajstić information content (AvgIpc) is 2.39. The summed E-state index contributed by atoms with van der Waals surface area (Å²) in [4.78, 5) is 13.2. The number of ether oxygens (including phenoxy) is 1. The van der Waals surface area contributed by atoms with Crippen molar-refractivity contribution in [2.45, 2.75) is 19.4 Å². The van der Waals surface area contributed by atoms with E-state index in [-0.39, 0.29) is 18.3 Å². The highest BCUT2D eigenvalue weighted by Crippen LogP contribution is 2.26. The summed E-state index contributed by atoms with van der Waals surface area (Å²) in [5.74, 6) is 0.0314. The predicted molar refractivity (Wildman–Crippen MR) is 83.6 cm³/mol. The van der Waals surface area contributed by atoms with Gasteiger partial charge in [-0.2, -0.15) is 0 Å². The molecule has 0 spiro atoms. The molecule has 0 atom stereocenters. The monoisotopic (exact) mass is 363 g/mol. The Morgan fingerprint density at radius 2 is 2.10 bits per heavy atom. The number of carboxylic acid groups (broad SMARTS) is 1. The molecule has 0 unspecified atom stereocenters. The van der Waals surface area contributed by atoms with Gasteiger partial charge in [0.2, 0.25) is 0 Å². The van der Waals surface area contributed by atoms with Crippen molar-refractivity contribution in [1.29, 1.82) is 0 Å². The summed E-state index contributed by atoms with van der Waals surface area (Å²) < 4.78 is 6.39. The summed E-state index contributed by atoms with van der Waals surface area (Å²) in [5, 5.41) is 8.99. The smallest absolute Gasteiger partial charge is 0.306 e. The van der Waals surface area contributed by atoms with Crippen LogP contribution in [0.5, 0.6) is 5.75 Å². The molecular weight excluding hydrogens is 346 g/mol. The van der Waals surface area contributed by atoms with E-state index in [1.165, 1.54) is 0 Å². The molecule has 20 heavy (non-hydrogen) atoms. The number of aliphatic carboxylic acids is 1. The quantitative estimate of drug-likeness (QED) is 0.891. The van der Waals surface area contributed by atoms with Gasteiger partial charge in [0.15, 0.2) is 0 Å². The van der Waals surface area contributed by atoms with Gasteiger partial charge in [-0.25, -0.2) is 0 Å². The van der Waals surface area contributed by atoms with E-state index < -0.39 is 5.97 Å². The molecule has 1 aromatic carbocycles. The second kappa shape index (κ2) is 7.86. The lowest BCUT2D eigenvalue weighted by Crippen LogP contribution is -2.35. The van der Waals surface area contributed by atoms with Gasteiger partial charge in [0, 0.05) is 16.6 Å². The van der Waals surface area contributed by atoms with Crippen LogP contribution in [0.3, 0.4) is 0 Å². The molecule has 1 fully saturated rings. The van der Waals surface area contributed by atoms with Gasteiger partial charge in [-0.3, -0.25) is 9.69 Å². The minimum absolute atomic E-state index is 0. The SMILES string of the molecule is COc1ccc(Br)cc1CN1CCC(C(=O)O)CC1.Cl. The van der Waals surface area contributed by atoms with E-state index in [1.54, 1.807) is 7.11 Å². The zero-order valence-electron chi connectivity index (χ0n) is 11.3. The van der Waals surface area contributed by atoms with Crippen LogP contribution in [0.2, 0.25) is 0 Å². The minimum Gasteiger partial charge on any atom is -0.496 e. The maximum absolute atomic E-state index is 10.9. The van der Waals surface area contributed by atoms with Crippen molar-refractivity contribution in [3.05, 3.63) is 28.2 Å². The Balaban J connectivity index is 0.00000200. The van der Waals surface area contributed by atoms with Gasteiger partial charge in [0.25, 0.3) is 0 Å². The number of piperidine rings is 1. The Morgan fingerprint density at radius 1 is 1.45 bits per heavy atom. The van der Waals surface area contributed by atoms with E-state index >= 15 is 0 Å². The fourth-order valence-corrected chi connectivity index (χ4v) is 2.86. The normalized spacial score (nSPS) is 16.5. The first-order valence-corrected chi connectivity index (χ1v) is 7.17. The number of nitrogens with zero attached hydrogens (tertiary/aromatic N) is 1. The number of benzene rings is 1. The first kappa shape index (κ1) is 17.3. The highest BCUT2D eigenvalue weighted by molar-refractivity contribution is 9.10. The highest BCUT2D eigenvalue weighted by atomic mass is 79.9. The van der Waals surface area contributed by atoms with Crippen molar-refractivity contribution >= 4 is 34.3 Å². The van der Waals surface area contributed by atoms with Gasteiger partial charge in [0.05, 0.1) is 13.0 Å². The van der Waals surface area contributed by atoms with E-state index in [9.17, 15) is 4.79 Å². The molecule has 0 bridgehead atoms. The van der Waals surface area contributed by atoms with E-state index in [2.05, 4.69) is 26.9 Å². The van der Waals surface area contributed by atoms with E-state index in [4.69, 9.17) is 9.84 Å². The maximum Gasteiger partial charge on any atom is 0.306 e. The van der Waals surface area contributed by atoms with Crippen LogP contribution in [0, 0.1) is 5.92 Å². The number of methoxy groups -OCH3 is 1. The molecule has 112 valence electrons. The molecule has 1 heterocycles. The summed E-state index contributed by atoms with van der Waals surface area (Å²) >= 11 is 3.47. The molecule has 4 nitrogen and oxygen atoms in total. The van der Waals surface area contributed by atoms with Crippen LogP contribution in [-0.4, -0.2) is 36.2 Å². The summed E-state index contributed by atoms with van der Waals surface area (Å²) in [6.45, 7) is 2.45. The van der Waals surface area contributed by atoms with Gasteiger partial charge in [-0.1, -0.05) is 15.9 Å². The Labute approximate surface area is 133 Å². The fourth-order valence-electron chi connectivity index (χ4n) is 2.45. The molecule has 1 N–H and O–H groups in total. The number of hydrogen-bond acceptors (Lipinski definition) is 3. The van der Waals surface area contributed by atoms with Crippen LogP contribution in [0.15, 0.2) is 22.7 Å². The summed E-state index contributed by atoms with van der Waals surface area (Å²) in [6, 6.07) is 5.96. The average molecular weight is 365 g/mol. The molecule has 2 rings (SSSR count). The molecule has 0 aliphatic carbocycles. The summed E-state index contributed by atoms with van der Waals surface area (Å²) in [6.07, 6.45) is 1.46. The topological polar surface area (TPSA) is 49.8 Å². The van der Waals surface area contributed by atoms with Crippen LogP contribution >= 0.6 is 28.3 Å². The summed E-state index contributed by atoms with van der Waals surface area (Å²) in [5.41, 5.74) is 1.13. The number of rotatable bonds is 4. The molecule has 0 radical (unpaired) electrons. The second-order valence-electron chi connectivity index (χ2n) is 4.84. The third kappa shape index (κ3) is 4.36. The fraction of sp³-hybridized carbons (Fsp3) is 0.500. The summed E-state index contributed by atoms with van der Waals surface area (Å²) in [7, 11) is 1.67. The Morgan fingerprint density at radius 3 is 2.65 bits per heavy atom. The van der Waals surface area contributed by atoms with Gasteiger partial charge >= 0.3 is 5.97 Å². The molecule has 1 aliphatic heterocycles. The number of hydrogen-bond donors (Lipinski definition) is 1. The molecule has 0 amide bonds. The molecule has 0 saturated carbocycles. The van der Waals surface area contributed by atoms with E-state index in [0.717, 1.165) is 48.3 Å². The predicted octanol–water partition coefficient (Wildman–Crippen LogP) is 3.18. The van der Waals surface area contributed by atoms with Gasteiger partial charge < -0.3 is 9.84 Å². The van der Waals surface area contributed by atoms with Gasteiger partial charge in [-0.05, 0) is 44.1 Å². The zero-order valence-corrected chi connectivity index (χ0v) is 13.7. The van der Waals surface area contributed by atoms with Crippen molar-refractivity contribution in [3.8, 4) is 5.75 Å². The lowest BCUT2D eigenvalue weighted by atomic mass is 9.97. The molecular formula is C14H19BrClNO3. The highest BCUT2D eigenvalue weighted by Gasteiger charge is 2.24. The second-order valence-corrected chi connectivity index (χ2v) is 5.76. The van der Waals surface area contributed by atoms with Crippen LogP contribution in [-0.2, 0) is 11.3 Å². The maximum atomic E-state index is 10.9. The first-order chi connectivity index (χ1) is 9.10. The van der Waals surface area contributed by atoms with Crippen molar-refractivity contribution in [1.82, 2.24) is 4.90 Å². The van der Waals surface area contributed by atoms with Crippen molar-refractivity contribution in [2.24, 2.45) is 5.92 Å². The van der Waals surface area contributed by atoms with Crippen LogP contribution in [0.1, 0.15) is 18.4 Å². The molecule has 1 aliphatic rings. The van der Waals surface area contributed by atoms with Crippen LogP contribution in [0.25, 0.3) is 0 Å². The molecule has 1 aromatic rings. The standard InChI is InChI=1S/C14H18BrNO3.ClH/c1-19-13-3-2-12(15)8-11(13)9-16-6-4-10(5-7-16)14(17)18;/h2-3,8,10H,4-7,9H2,1H3,(H,17,18);1H. The third-order valence-electron chi connectivity index (χ3n) is 3.57. The molecule has 6 heteroatoms. The van der Waals surface area contributed by atoms with Gasteiger partial charge in [0.1, 0.15) is 5.75 Å². The lowest BCUT2D eigenvalue weighted by molar-refractivity contribution is -0.143. The Hall–Kier alpha value is -0.780. The number of carbonyl (C=O) groups is 1. The number of likely N-dealkylation sites (tertiary alicyclic amines) is 1.